The number of aromatic nitrogens is 2. The summed E-state index contributed by atoms with van der Waals surface area (Å²) in [7, 11) is -3.51. The van der Waals surface area contributed by atoms with Crippen LogP contribution in [0.25, 0.3) is 0 Å². The van der Waals surface area contributed by atoms with Gasteiger partial charge < -0.3 is 4.90 Å². The zero-order chi connectivity index (χ0) is 18.9. The van der Waals surface area contributed by atoms with Crippen LogP contribution in [0.5, 0.6) is 0 Å². The Morgan fingerprint density at radius 2 is 2.04 bits per heavy atom. The summed E-state index contributed by atoms with van der Waals surface area (Å²) in [5.41, 5.74) is 1.88. The SMILES string of the molecule is CCN(CC)S(=O)(=O)N1CCCC1c1ncc2c(n1)CCN(C(C)=O)C2. The molecule has 3 heterocycles. The molecule has 1 saturated heterocycles. The van der Waals surface area contributed by atoms with E-state index in [1.807, 2.05) is 13.8 Å². The van der Waals surface area contributed by atoms with Gasteiger partial charge >= 0.3 is 0 Å². The minimum absolute atomic E-state index is 0.0482. The Labute approximate surface area is 155 Å². The molecular weight excluding hydrogens is 354 g/mol. The van der Waals surface area contributed by atoms with Gasteiger partial charge in [-0.2, -0.15) is 17.0 Å². The summed E-state index contributed by atoms with van der Waals surface area (Å²) in [6.07, 6.45) is 3.98. The monoisotopic (exact) mass is 381 g/mol. The highest BCUT2D eigenvalue weighted by atomic mass is 32.2. The van der Waals surface area contributed by atoms with Gasteiger partial charge in [0.2, 0.25) is 5.91 Å². The van der Waals surface area contributed by atoms with E-state index in [4.69, 9.17) is 4.98 Å². The Morgan fingerprint density at radius 1 is 1.31 bits per heavy atom. The van der Waals surface area contributed by atoms with E-state index in [1.54, 1.807) is 22.3 Å². The van der Waals surface area contributed by atoms with Gasteiger partial charge in [0.1, 0.15) is 5.82 Å². The molecule has 2 aliphatic heterocycles. The number of carbonyl (C=O) groups excluding carboxylic acids is 1. The number of rotatable bonds is 5. The Balaban J connectivity index is 1.86. The lowest BCUT2D eigenvalue weighted by molar-refractivity contribution is -0.129. The fraction of sp³-hybridized carbons (Fsp3) is 0.706. The summed E-state index contributed by atoms with van der Waals surface area (Å²) in [6, 6.07) is -0.309. The minimum Gasteiger partial charge on any atom is -0.338 e. The van der Waals surface area contributed by atoms with Crippen LogP contribution >= 0.6 is 0 Å². The number of amides is 1. The summed E-state index contributed by atoms with van der Waals surface area (Å²) in [5.74, 6) is 0.625. The van der Waals surface area contributed by atoms with Gasteiger partial charge in [-0.05, 0) is 12.8 Å². The number of carbonyl (C=O) groups is 1. The van der Waals surface area contributed by atoms with Crippen LogP contribution in [0.2, 0.25) is 0 Å². The highest BCUT2D eigenvalue weighted by molar-refractivity contribution is 7.86. The average molecular weight is 382 g/mol. The van der Waals surface area contributed by atoms with Crippen LogP contribution in [0.4, 0.5) is 0 Å². The molecule has 1 atom stereocenters. The van der Waals surface area contributed by atoms with E-state index in [9.17, 15) is 13.2 Å². The highest BCUT2D eigenvalue weighted by Gasteiger charge is 2.39. The lowest BCUT2D eigenvalue weighted by Crippen LogP contribution is -2.43. The number of fused-ring (bicyclic) bond motifs is 1. The zero-order valence-corrected chi connectivity index (χ0v) is 16.5. The normalized spacial score (nSPS) is 21.2. The molecule has 1 aromatic heterocycles. The summed E-state index contributed by atoms with van der Waals surface area (Å²) >= 11 is 0. The molecule has 8 nitrogen and oxygen atoms in total. The maximum Gasteiger partial charge on any atom is 0.282 e. The van der Waals surface area contributed by atoms with E-state index in [0.717, 1.165) is 24.1 Å². The molecule has 144 valence electrons. The molecule has 0 saturated carbocycles. The van der Waals surface area contributed by atoms with Gasteiger partial charge in [0.25, 0.3) is 10.2 Å². The van der Waals surface area contributed by atoms with E-state index < -0.39 is 10.2 Å². The Bertz CT molecular complexity index is 779. The predicted octanol–water partition coefficient (Wildman–Crippen LogP) is 1.10. The Hall–Kier alpha value is -1.58. The van der Waals surface area contributed by atoms with Gasteiger partial charge in [0, 0.05) is 57.8 Å². The first kappa shape index (κ1) is 19.2. The molecule has 0 spiro atoms. The third kappa shape index (κ3) is 3.47. The summed E-state index contributed by atoms with van der Waals surface area (Å²) < 4.78 is 28.9. The fourth-order valence-corrected chi connectivity index (χ4v) is 5.56. The van der Waals surface area contributed by atoms with Gasteiger partial charge in [-0.3, -0.25) is 4.79 Å². The van der Waals surface area contributed by atoms with Crippen molar-refractivity contribution in [3.63, 3.8) is 0 Å². The molecular formula is C17H27N5O3S. The third-order valence-corrected chi connectivity index (χ3v) is 7.43. The molecule has 0 bridgehead atoms. The molecule has 2 aliphatic rings. The van der Waals surface area contributed by atoms with Crippen molar-refractivity contribution in [2.24, 2.45) is 0 Å². The number of hydrogen-bond donors (Lipinski definition) is 0. The largest absolute Gasteiger partial charge is 0.338 e. The van der Waals surface area contributed by atoms with Crippen molar-refractivity contribution in [2.45, 2.75) is 52.6 Å². The second-order valence-electron chi connectivity index (χ2n) is 6.75. The topological polar surface area (TPSA) is 86.7 Å². The summed E-state index contributed by atoms with van der Waals surface area (Å²) in [4.78, 5) is 22.5. The van der Waals surface area contributed by atoms with Crippen molar-refractivity contribution in [3.05, 3.63) is 23.3 Å². The van der Waals surface area contributed by atoms with Gasteiger partial charge in [-0.25, -0.2) is 9.97 Å². The Kier molecular flexibility index (Phi) is 5.59. The molecule has 0 radical (unpaired) electrons. The second kappa shape index (κ2) is 7.58. The molecule has 3 rings (SSSR count). The quantitative estimate of drug-likeness (QED) is 0.762. The van der Waals surface area contributed by atoms with Crippen molar-refractivity contribution in [3.8, 4) is 0 Å². The first-order chi connectivity index (χ1) is 12.4. The van der Waals surface area contributed by atoms with Crippen LogP contribution in [-0.2, 0) is 28.0 Å². The lowest BCUT2D eigenvalue weighted by Gasteiger charge is -2.30. The predicted molar refractivity (Wildman–Crippen MR) is 97.3 cm³/mol. The van der Waals surface area contributed by atoms with E-state index >= 15 is 0 Å². The van der Waals surface area contributed by atoms with E-state index in [2.05, 4.69) is 4.98 Å². The van der Waals surface area contributed by atoms with Crippen LogP contribution in [0, 0.1) is 0 Å². The molecule has 0 N–H and O–H groups in total. The number of nitrogens with zero attached hydrogens (tertiary/aromatic N) is 5. The van der Waals surface area contributed by atoms with Crippen LogP contribution in [-0.4, -0.2) is 64.0 Å². The Morgan fingerprint density at radius 3 is 2.69 bits per heavy atom. The van der Waals surface area contributed by atoms with Crippen LogP contribution < -0.4 is 0 Å². The van der Waals surface area contributed by atoms with Crippen molar-refractivity contribution in [1.82, 2.24) is 23.5 Å². The maximum atomic E-state index is 12.9. The maximum absolute atomic E-state index is 12.9. The van der Waals surface area contributed by atoms with Crippen molar-refractivity contribution < 1.29 is 13.2 Å². The fourth-order valence-electron chi connectivity index (χ4n) is 3.73. The molecule has 1 amide bonds. The van der Waals surface area contributed by atoms with E-state index in [-0.39, 0.29) is 11.9 Å². The molecule has 9 heteroatoms. The minimum atomic E-state index is -3.51. The summed E-state index contributed by atoms with van der Waals surface area (Å²) in [6.45, 7) is 7.84. The van der Waals surface area contributed by atoms with E-state index in [0.29, 0.717) is 45.0 Å². The van der Waals surface area contributed by atoms with Crippen molar-refractivity contribution in [2.75, 3.05) is 26.2 Å². The van der Waals surface area contributed by atoms with Gasteiger partial charge in [0.15, 0.2) is 0 Å². The second-order valence-corrected chi connectivity index (χ2v) is 8.63. The van der Waals surface area contributed by atoms with Gasteiger partial charge in [0.05, 0.1) is 11.7 Å². The van der Waals surface area contributed by atoms with Gasteiger partial charge in [-0.15, -0.1) is 0 Å². The van der Waals surface area contributed by atoms with Crippen molar-refractivity contribution in [1.29, 1.82) is 0 Å². The van der Waals surface area contributed by atoms with Crippen LogP contribution in [0.3, 0.4) is 0 Å². The molecule has 1 fully saturated rings. The lowest BCUT2D eigenvalue weighted by atomic mass is 10.1. The standard InChI is InChI=1S/C17H27N5O3S/c1-4-21(5-2)26(24,25)22-9-6-7-16(22)17-18-11-14-12-20(13(3)23)10-8-15(14)19-17/h11,16H,4-10,12H2,1-3H3. The third-order valence-electron chi connectivity index (χ3n) is 5.23. The first-order valence-electron chi connectivity index (χ1n) is 9.25. The van der Waals surface area contributed by atoms with Gasteiger partial charge in [-0.1, -0.05) is 13.8 Å². The zero-order valence-electron chi connectivity index (χ0n) is 15.7. The van der Waals surface area contributed by atoms with E-state index in [1.165, 1.54) is 4.31 Å². The summed E-state index contributed by atoms with van der Waals surface area (Å²) in [5, 5.41) is 0. The average Bonchev–Trinajstić information content (AvgIpc) is 3.12. The smallest absolute Gasteiger partial charge is 0.282 e. The molecule has 26 heavy (non-hydrogen) atoms. The number of hydrogen-bond acceptors (Lipinski definition) is 5. The first-order valence-corrected chi connectivity index (χ1v) is 10.6. The van der Waals surface area contributed by atoms with Crippen molar-refractivity contribution >= 4 is 16.1 Å². The highest BCUT2D eigenvalue weighted by Crippen LogP contribution is 2.34. The van der Waals surface area contributed by atoms with Crippen LogP contribution in [0.15, 0.2) is 6.20 Å². The molecule has 0 aliphatic carbocycles. The molecule has 1 unspecified atom stereocenters. The molecule has 0 aromatic carbocycles. The van der Waals surface area contributed by atoms with Crippen LogP contribution in [0.1, 0.15) is 56.7 Å². The molecule has 1 aromatic rings.